The molecular weight excluding hydrogens is 623 g/mol. The first-order valence-electron chi connectivity index (χ1n) is 14.2. The van der Waals surface area contributed by atoms with Crippen molar-refractivity contribution in [3.63, 3.8) is 0 Å². The zero-order valence-corrected chi connectivity index (χ0v) is 25.6. The maximum Gasteiger partial charge on any atom is 0.328 e. The van der Waals surface area contributed by atoms with Gasteiger partial charge in [0.1, 0.15) is 5.82 Å². The Bertz CT molecular complexity index is 1540. The van der Waals surface area contributed by atoms with E-state index < -0.39 is 23.9 Å². The topological polar surface area (TPSA) is 214 Å². The number of fused-ring (bicyclic) bond motifs is 1. The van der Waals surface area contributed by atoms with E-state index in [1.807, 2.05) is 0 Å². The molecule has 0 aliphatic carbocycles. The fourth-order valence-corrected chi connectivity index (χ4v) is 4.42. The Morgan fingerprint density at radius 2 is 1.47 bits per heavy atom. The summed E-state index contributed by atoms with van der Waals surface area (Å²) in [5, 5.41) is 36.4. The number of ether oxygens (including phenoxy) is 2. The molecular formula is C32H35FN2O12. The van der Waals surface area contributed by atoms with Gasteiger partial charge >= 0.3 is 23.9 Å². The number of carboxylic acid groups (broad SMARTS) is 4. The Morgan fingerprint density at radius 3 is 1.98 bits per heavy atom. The Balaban J connectivity index is 0.000000397. The van der Waals surface area contributed by atoms with Gasteiger partial charge in [0.15, 0.2) is 22.9 Å². The third-order valence-corrected chi connectivity index (χ3v) is 6.62. The van der Waals surface area contributed by atoms with E-state index in [4.69, 9.17) is 34.4 Å². The number of methoxy groups -OCH3 is 1. The van der Waals surface area contributed by atoms with Crippen LogP contribution in [0, 0.1) is 5.82 Å². The first-order chi connectivity index (χ1) is 22.3. The van der Waals surface area contributed by atoms with Crippen molar-refractivity contribution in [3.05, 3.63) is 77.8 Å². The lowest BCUT2D eigenvalue weighted by Crippen LogP contribution is -2.34. The Morgan fingerprint density at radius 1 is 0.894 bits per heavy atom. The number of halogens is 1. The third kappa shape index (κ3) is 13.5. The van der Waals surface area contributed by atoms with E-state index in [0.29, 0.717) is 59.5 Å². The number of ketones is 1. The van der Waals surface area contributed by atoms with Crippen molar-refractivity contribution >= 4 is 40.6 Å². The zero-order valence-electron chi connectivity index (χ0n) is 25.6. The molecule has 0 saturated carbocycles. The van der Waals surface area contributed by atoms with E-state index in [0.717, 1.165) is 50.0 Å². The standard InChI is InChI=1S/C24H27FN2O4.2C4H4O4/c1-16(28)18-4-7-21(23(14-18)29-2)30-13-3-10-27-11-8-17(9-12-27)24-20-6-5-19(25)15-22(20)31-26-24;2*5-3(6)1-2-4(7)8/h4-7,14-15,17H,3,8-13H2,1-2H3;2*1-2H,(H,5,6)(H,7,8)/b;2*2-1+. The smallest absolute Gasteiger partial charge is 0.328 e. The van der Waals surface area contributed by atoms with Crippen LogP contribution in [0.15, 0.2) is 65.2 Å². The normalized spacial score (nSPS) is 13.3. The Labute approximate surface area is 268 Å². The molecule has 1 aliphatic rings. The van der Waals surface area contributed by atoms with Crippen LogP contribution in [0.4, 0.5) is 4.39 Å². The van der Waals surface area contributed by atoms with Gasteiger partial charge in [-0.3, -0.25) is 4.79 Å². The van der Waals surface area contributed by atoms with E-state index in [1.165, 1.54) is 19.1 Å². The van der Waals surface area contributed by atoms with E-state index in [9.17, 15) is 28.4 Å². The largest absolute Gasteiger partial charge is 0.493 e. The number of piperidine rings is 1. The van der Waals surface area contributed by atoms with Crippen molar-refractivity contribution in [1.82, 2.24) is 10.1 Å². The maximum atomic E-state index is 13.4. The average Bonchev–Trinajstić information content (AvgIpc) is 3.45. The van der Waals surface area contributed by atoms with Gasteiger partial charge < -0.3 is 39.3 Å². The van der Waals surface area contributed by atoms with Gasteiger partial charge in [0, 0.05) is 53.8 Å². The molecule has 4 N–H and O–H groups in total. The number of aromatic nitrogens is 1. The molecule has 0 spiro atoms. The molecule has 1 saturated heterocycles. The molecule has 1 aliphatic heterocycles. The molecule has 0 atom stereocenters. The lowest BCUT2D eigenvalue weighted by molar-refractivity contribution is -0.134. The van der Waals surface area contributed by atoms with Gasteiger partial charge in [-0.25, -0.2) is 23.6 Å². The van der Waals surface area contributed by atoms with Gasteiger partial charge in [-0.2, -0.15) is 0 Å². The summed E-state index contributed by atoms with van der Waals surface area (Å²) >= 11 is 0. The molecule has 252 valence electrons. The highest BCUT2D eigenvalue weighted by atomic mass is 19.1. The monoisotopic (exact) mass is 658 g/mol. The van der Waals surface area contributed by atoms with Crippen molar-refractivity contribution < 1.29 is 62.8 Å². The number of carboxylic acids is 4. The van der Waals surface area contributed by atoms with Gasteiger partial charge in [0.2, 0.25) is 0 Å². The third-order valence-electron chi connectivity index (χ3n) is 6.62. The summed E-state index contributed by atoms with van der Waals surface area (Å²) < 4.78 is 29.9. The molecule has 4 rings (SSSR count). The number of aliphatic carboxylic acids is 4. The lowest BCUT2D eigenvalue weighted by atomic mass is 9.91. The molecule has 2 aromatic carbocycles. The quantitative estimate of drug-likeness (QED) is 0.122. The first kappa shape index (κ1) is 37.6. The number of carbonyl (C=O) groups is 5. The molecule has 0 bridgehead atoms. The number of likely N-dealkylation sites (tertiary alicyclic amines) is 1. The number of Topliss-reactive ketones (excluding diaryl/α,β-unsaturated/α-hetero) is 1. The molecule has 0 unspecified atom stereocenters. The Kier molecular flexibility index (Phi) is 15.3. The fourth-order valence-electron chi connectivity index (χ4n) is 4.42. The number of carbonyl (C=O) groups excluding carboxylic acids is 1. The first-order valence-corrected chi connectivity index (χ1v) is 14.2. The second-order valence-corrected chi connectivity index (χ2v) is 9.97. The minimum absolute atomic E-state index is 0.000894. The summed E-state index contributed by atoms with van der Waals surface area (Å²) in [5.41, 5.74) is 2.07. The highest BCUT2D eigenvalue weighted by Crippen LogP contribution is 2.33. The fraction of sp³-hybridized carbons (Fsp3) is 0.312. The van der Waals surface area contributed by atoms with Crippen molar-refractivity contribution in [3.8, 4) is 11.5 Å². The molecule has 1 fully saturated rings. The van der Waals surface area contributed by atoms with Crippen LogP contribution < -0.4 is 9.47 Å². The second kappa shape index (κ2) is 19.1. The van der Waals surface area contributed by atoms with Gasteiger partial charge in [0.25, 0.3) is 0 Å². The van der Waals surface area contributed by atoms with Crippen molar-refractivity contribution in [2.45, 2.75) is 32.1 Å². The number of rotatable bonds is 12. The predicted octanol–water partition coefficient (Wildman–Crippen LogP) is 4.25. The Hall–Kier alpha value is -5.57. The SMILES string of the molecule is COc1cc(C(C)=O)ccc1OCCCN1CCC(c2noc3cc(F)ccc23)CC1.O=C(O)/C=C/C(=O)O.O=C(O)/C=C/C(=O)O. The van der Waals surface area contributed by atoms with Crippen LogP contribution in [0.2, 0.25) is 0 Å². The van der Waals surface area contributed by atoms with E-state index in [-0.39, 0.29) is 11.6 Å². The summed E-state index contributed by atoms with van der Waals surface area (Å²) in [4.78, 5) is 52.2. The summed E-state index contributed by atoms with van der Waals surface area (Å²) in [6, 6.07) is 9.87. The lowest BCUT2D eigenvalue weighted by Gasteiger charge is -2.31. The molecule has 0 amide bonds. The number of nitrogens with zero attached hydrogens (tertiary/aromatic N) is 2. The van der Waals surface area contributed by atoms with Crippen LogP contribution in [0.1, 0.15) is 48.2 Å². The zero-order chi connectivity index (χ0) is 34.9. The number of hydrogen-bond donors (Lipinski definition) is 4. The minimum atomic E-state index is -1.26. The maximum absolute atomic E-state index is 13.4. The summed E-state index contributed by atoms with van der Waals surface area (Å²) in [6.45, 7) is 5.03. The highest BCUT2D eigenvalue weighted by Gasteiger charge is 2.25. The van der Waals surface area contributed by atoms with Crippen LogP contribution in [0.5, 0.6) is 11.5 Å². The molecule has 15 heteroatoms. The van der Waals surface area contributed by atoms with Crippen LogP contribution in [-0.2, 0) is 19.2 Å². The van der Waals surface area contributed by atoms with Gasteiger partial charge in [-0.05, 0) is 69.6 Å². The van der Waals surface area contributed by atoms with Gasteiger partial charge in [0.05, 0.1) is 19.4 Å². The molecule has 1 aromatic heterocycles. The van der Waals surface area contributed by atoms with Crippen LogP contribution in [0.25, 0.3) is 11.0 Å². The van der Waals surface area contributed by atoms with Crippen LogP contribution in [-0.4, -0.2) is 93.5 Å². The summed E-state index contributed by atoms with van der Waals surface area (Å²) in [7, 11) is 1.57. The van der Waals surface area contributed by atoms with Crippen molar-refractivity contribution in [1.29, 1.82) is 0 Å². The van der Waals surface area contributed by atoms with Crippen molar-refractivity contribution in [2.24, 2.45) is 0 Å². The summed E-state index contributed by atoms with van der Waals surface area (Å²) in [5.74, 6) is -3.77. The van der Waals surface area contributed by atoms with Gasteiger partial charge in [-0.1, -0.05) is 5.16 Å². The second-order valence-electron chi connectivity index (χ2n) is 9.97. The molecule has 2 heterocycles. The van der Waals surface area contributed by atoms with E-state index in [1.54, 1.807) is 31.4 Å². The minimum Gasteiger partial charge on any atom is -0.493 e. The van der Waals surface area contributed by atoms with E-state index in [2.05, 4.69) is 10.1 Å². The van der Waals surface area contributed by atoms with Crippen LogP contribution in [0.3, 0.4) is 0 Å². The average molecular weight is 659 g/mol. The van der Waals surface area contributed by atoms with E-state index >= 15 is 0 Å². The number of hydrogen-bond acceptors (Lipinski definition) is 10. The van der Waals surface area contributed by atoms with Crippen molar-refractivity contribution in [2.75, 3.05) is 33.4 Å². The predicted molar refractivity (Wildman–Crippen MR) is 164 cm³/mol. The van der Waals surface area contributed by atoms with Crippen LogP contribution >= 0.6 is 0 Å². The molecule has 3 aromatic rings. The summed E-state index contributed by atoms with van der Waals surface area (Å²) in [6.07, 6.45) is 5.13. The highest BCUT2D eigenvalue weighted by molar-refractivity contribution is 5.94. The number of benzene rings is 2. The van der Waals surface area contributed by atoms with Gasteiger partial charge in [-0.15, -0.1) is 0 Å². The molecule has 47 heavy (non-hydrogen) atoms. The molecule has 0 radical (unpaired) electrons. The molecule has 14 nitrogen and oxygen atoms in total.